The van der Waals surface area contributed by atoms with Crippen molar-refractivity contribution in [1.29, 1.82) is 0 Å². The second-order valence-electron chi connectivity index (χ2n) is 3.41. The number of amides is 1. The molecule has 1 amide bonds. The average Bonchev–Trinajstić information content (AvgIpc) is 2.70. The molecule has 1 aliphatic rings. The van der Waals surface area contributed by atoms with E-state index in [-0.39, 0.29) is 11.8 Å². The molecule has 1 N–H and O–H groups in total. The first-order valence-electron chi connectivity index (χ1n) is 4.76. The van der Waals surface area contributed by atoms with Crippen molar-refractivity contribution in [2.24, 2.45) is 5.92 Å². The van der Waals surface area contributed by atoms with E-state index in [1.165, 1.54) is 0 Å². The Hall–Kier alpha value is -0.740. The number of halogens is 1. The molecule has 0 radical (unpaired) electrons. The van der Waals surface area contributed by atoms with Gasteiger partial charge >= 0.3 is 0 Å². The molecule has 1 aromatic rings. The van der Waals surface area contributed by atoms with E-state index in [4.69, 9.17) is 11.6 Å². The summed E-state index contributed by atoms with van der Waals surface area (Å²) >= 11 is 7.61. The van der Waals surface area contributed by atoms with E-state index in [9.17, 15) is 4.79 Å². The van der Waals surface area contributed by atoms with Gasteiger partial charge in [0.15, 0.2) is 0 Å². The minimum absolute atomic E-state index is 0.0507. The smallest absolute Gasteiger partial charge is 0.229 e. The molecule has 0 aromatic carbocycles. The lowest BCUT2D eigenvalue weighted by atomic mass is 10.1. The van der Waals surface area contributed by atoms with Crippen LogP contribution in [0.5, 0.6) is 0 Å². The molecular formula is C10H11ClN2OS. The second-order valence-corrected chi connectivity index (χ2v) is 5.00. The molecule has 15 heavy (non-hydrogen) atoms. The lowest BCUT2D eigenvalue weighted by Crippen LogP contribution is -2.22. The molecule has 0 saturated carbocycles. The summed E-state index contributed by atoms with van der Waals surface area (Å²) in [6.07, 6.45) is 2.54. The summed E-state index contributed by atoms with van der Waals surface area (Å²) in [4.78, 5) is 15.7. The van der Waals surface area contributed by atoms with Crippen LogP contribution < -0.4 is 5.32 Å². The van der Waals surface area contributed by atoms with Crippen LogP contribution in [0.4, 0.5) is 5.82 Å². The van der Waals surface area contributed by atoms with Crippen molar-refractivity contribution in [3.05, 3.63) is 23.4 Å². The van der Waals surface area contributed by atoms with E-state index < -0.39 is 0 Å². The highest BCUT2D eigenvalue weighted by Gasteiger charge is 2.23. The SMILES string of the molecule is O=C(Nc1cc(Cl)ccn1)C1CCSC1. The van der Waals surface area contributed by atoms with Crippen LogP contribution in [0, 0.1) is 5.92 Å². The first kappa shape index (κ1) is 10.8. The quantitative estimate of drug-likeness (QED) is 0.866. The van der Waals surface area contributed by atoms with E-state index >= 15 is 0 Å². The highest BCUT2D eigenvalue weighted by molar-refractivity contribution is 7.99. The molecule has 0 bridgehead atoms. The number of nitrogens with zero attached hydrogens (tertiary/aromatic N) is 1. The molecular weight excluding hydrogens is 232 g/mol. The Labute approximate surface area is 97.6 Å². The maximum Gasteiger partial charge on any atom is 0.229 e. The first-order valence-corrected chi connectivity index (χ1v) is 6.29. The summed E-state index contributed by atoms with van der Waals surface area (Å²) in [6.45, 7) is 0. The Bertz CT molecular complexity index is 366. The zero-order chi connectivity index (χ0) is 10.7. The molecule has 80 valence electrons. The molecule has 1 unspecified atom stereocenters. The normalized spacial score (nSPS) is 20.2. The molecule has 0 aliphatic carbocycles. The minimum atomic E-state index is 0.0507. The molecule has 1 fully saturated rings. The van der Waals surface area contributed by atoms with Crippen molar-refractivity contribution in [3.63, 3.8) is 0 Å². The standard InChI is InChI=1S/C10H11ClN2OS/c11-8-1-3-12-9(5-8)13-10(14)7-2-4-15-6-7/h1,3,5,7H,2,4,6H2,(H,12,13,14). The van der Waals surface area contributed by atoms with Crippen molar-refractivity contribution in [3.8, 4) is 0 Å². The third-order valence-corrected chi connectivity index (χ3v) is 3.67. The van der Waals surface area contributed by atoms with Crippen LogP contribution >= 0.6 is 23.4 Å². The number of anilines is 1. The Balaban J connectivity index is 1.99. The van der Waals surface area contributed by atoms with Crippen LogP contribution in [0.15, 0.2) is 18.3 Å². The van der Waals surface area contributed by atoms with Crippen LogP contribution in [0.25, 0.3) is 0 Å². The fraction of sp³-hybridized carbons (Fsp3) is 0.400. The Morgan fingerprint density at radius 2 is 2.53 bits per heavy atom. The summed E-state index contributed by atoms with van der Waals surface area (Å²) in [5.41, 5.74) is 0. The van der Waals surface area contributed by atoms with E-state index in [1.807, 2.05) is 11.8 Å². The van der Waals surface area contributed by atoms with Gasteiger partial charge < -0.3 is 5.32 Å². The third-order valence-electron chi connectivity index (χ3n) is 2.27. The lowest BCUT2D eigenvalue weighted by molar-refractivity contribution is -0.119. The zero-order valence-electron chi connectivity index (χ0n) is 8.07. The van der Waals surface area contributed by atoms with Crippen molar-refractivity contribution >= 4 is 35.1 Å². The fourth-order valence-corrected chi connectivity index (χ4v) is 2.82. The van der Waals surface area contributed by atoms with Crippen LogP contribution in [-0.4, -0.2) is 22.4 Å². The molecule has 2 rings (SSSR count). The number of pyridine rings is 1. The number of hydrogen-bond acceptors (Lipinski definition) is 3. The Kier molecular flexibility index (Phi) is 3.49. The van der Waals surface area contributed by atoms with Gasteiger partial charge in [0.2, 0.25) is 5.91 Å². The second kappa shape index (κ2) is 4.86. The van der Waals surface area contributed by atoms with Gasteiger partial charge in [-0.3, -0.25) is 4.79 Å². The van der Waals surface area contributed by atoms with Crippen LogP contribution in [0.1, 0.15) is 6.42 Å². The van der Waals surface area contributed by atoms with Gasteiger partial charge in [-0.15, -0.1) is 0 Å². The molecule has 1 atom stereocenters. The maximum absolute atomic E-state index is 11.7. The van der Waals surface area contributed by atoms with Crippen LogP contribution in [0.3, 0.4) is 0 Å². The number of aromatic nitrogens is 1. The largest absolute Gasteiger partial charge is 0.310 e. The Morgan fingerprint density at radius 1 is 1.67 bits per heavy atom. The van der Waals surface area contributed by atoms with Crippen LogP contribution in [0.2, 0.25) is 5.02 Å². The van der Waals surface area contributed by atoms with Crippen molar-refractivity contribution in [2.75, 3.05) is 16.8 Å². The van der Waals surface area contributed by atoms with Gasteiger partial charge in [0.1, 0.15) is 5.82 Å². The number of carbonyl (C=O) groups excluding carboxylic acids is 1. The number of rotatable bonds is 2. The fourth-order valence-electron chi connectivity index (χ4n) is 1.44. The molecule has 0 spiro atoms. The van der Waals surface area contributed by atoms with Gasteiger partial charge in [-0.1, -0.05) is 11.6 Å². The molecule has 1 aromatic heterocycles. The molecule has 1 aliphatic heterocycles. The topological polar surface area (TPSA) is 42.0 Å². The van der Waals surface area contributed by atoms with Gasteiger partial charge in [-0.2, -0.15) is 11.8 Å². The molecule has 3 nitrogen and oxygen atoms in total. The van der Waals surface area contributed by atoms with Gasteiger partial charge in [0.25, 0.3) is 0 Å². The predicted molar refractivity (Wildman–Crippen MR) is 63.3 cm³/mol. The summed E-state index contributed by atoms with van der Waals surface area (Å²) in [5, 5.41) is 3.36. The maximum atomic E-state index is 11.7. The van der Waals surface area contributed by atoms with Gasteiger partial charge in [-0.25, -0.2) is 4.98 Å². The van der Waals surface area contributed by atoms with E-state index in [0.29, 0.717) is 10.8 Å². The number of nitrogens with one attached hydrogen (secondary N) is 1. The monoisotopic (exact) mass is 242 g/mol. The van der Waals surface area contributed by atoms with E-state index in [1.54, 1.807) is 18.3 Å². The lowest BCUT2D eigenvalue weighted by Gasteiger charge is -2.08. The Morgan fingerprint density at radius 3 is 3.20 bits per heavy atom. The third kappa shape index (κ3) is 2.86. The van der Waals surface area contributed by atoms with Gasteiger partial charge in [0, 0.05) is 22.9 Å². The summed E-state index contributed by atoms with van der Waals surface area (Å²) in [6, 6.07) is 3.34. The highest BCUT2D eigenvalue weighted by Crippen LogP contribution is 2.24. The summed E-state index contributed by atoms with van der Waals surface area (Å²) in [7, 11) is 0. The first-order chi connectivity index (χ1) is 7.25. The predicted octanol–water partition coefficient (Wildman–Crippen LogP) is 2.43. The summed E-state index contributed by atoms with van der Waals surface area (Å²) in [5.74, 6) is 2.68. The summed E-state index contributed by atoms with van der Waals surface area (Å²) < 4.78 is 0. The van der Waals surface area contributed by atoms with Gasteiger partial charge in [0.05, 0.1) is 0 Å². The van der Waals surface area contributed by atoms with Crippen molar-refractivity contribution in [2.45, 2.75) is 6.42 Å². The van der Waals surface area contributed by atoms with Crippen LogP contribution in [-0.2, 0) is 4.79 Å². The zero-order valence-corrected chi connectivity index (χ0v) is 9.64. The van der Waals surface area contributed by atoms with Crippen molar-refractivity contribution < 1.29 is 4.79 Å². The highest BCUT2D eigenvalue weighted by atomic mass is 35.5. The number of thioether (sulfide) groups is 1. The van der Waals surface area contributed by atoms with Gasteiger partial charge in [-0.05, 0) is 24.3 Å². The molecule has 2 heterocycles. The number of carbonyl (C=O) groups is 1. The van der Waals surface area contributed by atoms with E-state index in [2.05, 4.69) is 10.3 Å². The minimum Gasteiger partial charge on any atom is -0.310 e. The van der Waals surface area contributed by atoms with E-state index in [0.717, 1.165) is 17.9 Å². The molecule has 1 saturated heterocycles. The molecule has 5 heteroatoms. The average molecular weight is 243 g/mol. The number of hydrogen-bond donors (Lipinski definition) is 1. The van der Waals surface area contributed by atoms with Crippen molar-refractivity contribution in [1.82, 2.24) is 4.98 Å².